The summed E-state index contributed by atoms with van der Waals surface area (Å²) in [5.41, 5.74) is 4.13. The average Bonchev–Trinajstić information content (AvgIpc) is 2.89. The molecule has 0 amide bonds. The van der Waals surface area contributed by atoms with E-state index in [0.717, 1.165) is 24.3 Å². The molecule has 2 unspecified atom stereocenters. The minimum atomic E-state index is 0.265. The van der Waals surface area contributed by atoms with Gasteiger partial charge in [-0.2, -0.15) is 5.10 Å². The van der Waals surface area contributed by atoms with E-state index in [9.17, 15) is 0 Å². The van der Waals surface area contributed by atoms with Crippen LogP contribution in [0, 0.1) is 5.92 Å². The van der Waals surface area contributed by atoms with E-state index in [1.54, 1.807) is 13.3 Å². The van der Waals surface area contributed by atoms with Crippen LogP contribution in [0.4, 0.5) is 0 Å². The lowest BCUT2D eigenvalue weighted by Crippen LogP contribution is -2.31. The second-order valence-corrected chi connectivity index (χ2v) is 5.76. The minimum absolute atomic E-state index is 0.265. The number of fused-ring (bicyclic) bond motifs is 1. The van der Waals surface area contributed by atoms with Gasteiger partial charge in [-0.15, -0.1) is 0 Å². The van der Waals surface area contributed by atoms with E-state index in [0.29, 0.717) is 5.92 Å². The zero-order chi connectivity index (χ0) is 14.8. The minimum Gasteiger partial charge on any atom is -0.493 e. The number of aromatic nitrogens is 2. The highest BCUT2D eigenvalue weighted by Crippen LogP contribution is 2.37. The highest BCUT2D eigenvalue weighted by molar-refractivity contribution is 5.33. The van der Waals surface area contributed by atoms with E-state index in [-0.39, 0.29) is 6.04 Å². The summed E-state index contributed by atoms with van der Waals surface area (Å²) in [6, 6.07) is 9.05. The van der Waals surface area contributed by atoms with E-state index in [1.807, 2.05) is 18.8 Å². The summed E-state index contributed by atoms with van der Waals surface area (Å²) in [6.45, 7) is 0. The van der Waals surface area contributed by atoms with Crippen LogP contribution in [0.25, 0.3) is 0 Å². The summed E-state index contributed by atoms with van der Waals surface area (Å²) in [4.78, 5) is 0. The fourth-order valence-electron chi connectivity index (χ4n) is 3.54. The number of nitrogens with zero attached hydrogens (tertiary/aromatic N) is 2. The molecule has 1 heterocycles. The zero-order valence-corrected chi connectivity index (χ0v) is 13.0. The van der Waals surface area contributed by atoms with Crippen molar-refractivity contribution in [3.63, 3.8) is 0 Å². The predicted molar refractivity (Wildman–Crippen MR) is 83.5 cm³/mol. The van der Waals surface area contributed by atoms with Gasteiger partial charge in [-0.3, -0.25) is 4.68 Å². The van der Waals surface area contributed by atoms with Gasteiger partial charge in [0.05, 0.1) is 25.0 Å². The third-order valence-electron chi connectivity index (χ3n) is 4.63. The van der Waals surface area contributed by atoms with Crippen LogP contribution in [-0.2, 0) is 19.9 Å². The number of ether oxygens (including phenoxy) is 1. The summed E-state index contributed by atoms with van der Waals surface area (Å²) in [6.07, 6.45) is 5.25. The molecule has 112 valence electrons. The molecule has 2 aromatic rings. The molecule has 0 aliphatic heterocycles. The molecule has 1 N–H and O–H groups in total. The lowest BCUT2D eigenvalue weighted by Gasteiger charge is -2.31. The standard InChI is InChI=1S/C17H23N3O/c1-18-16(17-15(21-3)11-19-20(17)2)14-9-8-12-6-4-5-7-13(12)10-14/h4-7,11,14,16,18H,8-10H2,1-3H3. The summed E-state index contributed by atoms with van der Waals surface area (Å²) in [7, 11) is 5.72. The van der Waals surface area contributed by atoms with Crippen molar-refractivity contribution in [1.82, 2.24) is 15.1 Å². The van der Waals surface area contributed by atoms with Crippen LogP contribution in [0.3, 0.4) is 0 Å². The first-order valence-electron chi connectivity index (χ1n) is 7.54. The third-order valence-corrected chi connectivity index (χ3v) is 4.63. The van der Waals surface area contributed by atoms with Gasteiger partial charge in [0.25, 0.3) is 0 Å². The molecule has 0 bridgehead atoms. The van der Waals surface area contributed by atoms with Crippen LogP contribution < -0.4 is 10.1 Å². The van der Waals surface area contributed by atoms with Crippen molar-refractivity contribution < 1.29 is 4.74 Å². The quantitative estimate of drug-likeness (QED) is 0.938. The predicted octanol–water partition coefficient (Wildman–Crippen LogP) is 2.49. The first-order chi connectivity index (χ1) is 10.2. The van der Waals surface area contributed by atoms with Crippen molar-refractivity contribution in [2.45, 2.75) is 25.3 Å². The van der Waals surface area contributed by atoms with Gasteiger partial charge in [-0.1, -0.05) is 24.3 Å². The summed E-state index contributed by atoms with van der Waals surface area (Å²) in [5.74, 6) is 1.44. The van der Waals surface area contributed by atoms with Crippen LogP contribution in [0.15, 0.2) is 30.5 Å². The molecule has 1 aliphatic carbocycles. The molecule has 1 aromatic heterocycles. The maximum atomic E-state index is 5.49. The van der Waals surface area contributed by atoms with E-state index in [4.69, 9.17) is 4.74 Å². The summed E-state index contributed by atoms with van der Waals surface area (Å²) < 4.78 is 7.42. The Morgan fingerprint density at radius 1 is 1.33 bits per heavy atom. The summed E-state index contributed by atoms with van der Waals surface area (Å²) in [5, 5.41) is 7.83. The third kappa shape index (κ3) is 2.56. The Balaban J connectivity index is 1.90. The Labute approximate surface area is 126 Å². The van der Waals surface area contributed by atoms with Crippen LogP contribution in [-0.4, -0.2) is 23.9 Å². The monoisotopic (exact) mass is 285 g/mol. The Kier molecular flexibility index (Phi) is 3.97. The Hall–Kier alpha value is -1.81. The van der Waals surface area contributed by atoms with E-state index < -0.39 is 0 Å². The smallest absolute Gasteiger partial charge is 0.161 e. The molecule has 1 aliphatic rings. The highest BCUT2D eigenvalue weighted by atomic mass is 16.5. The number of hydrogen-bond donors (Lipinski definition) is 1. The lowest BCUT2D eigenvalue weighted by molar-refractivity contribution is 0.314. The topological polar surface area (TPSA) is 39.1 Å². The Morgan fingerprint density at radius 3 is 2.81 bits per heavy atom. The number of methoxy groups -OCH3 is 1. The lowest BCUT2D eigenvalue weighted by atomic mass is 9.79. The van der Waals surface area contributed by atoms with Gasteiger partial charge in [-0.25, -0.2) is 0 Å². The van der Waals surface area contributed by atoms with Crippen LogP contribution in [0.2, 0.25) is 0 Å². The second kappa shape index (κ2) is 5.90. The number of hydrogen-bond acceptors (Lipinski definition) is 3. The maximum Gasteiger partial charge on any atom is 0.161 e. The molecule has 4 heteroatoms. The van der Waals surface area contributed by atoms with Crippen molar-refractivity contribution in [2.75, 3.05) is 14.2 Å². The van der Waals surface area contributed by atoms with Crippen molar-refractivity contribution in [1.29, 1.82) is 0 Å². The summed E-state index contributed by atoms with van der Waals surface area (Å²) >= 11 is 0. The van der Waals surface area contributed by atoms with E-state index in [2.05, 4.69) is 34.7 Å². The van der Waals surface area contributed by atoms with Gasteiger partial charge < -0.3 is 10.1 Å². The normalized spacial score (nSPS) is 19.1. The molecule has 4 nitrogen and oxygen atoms in total. The fourth-order valence-corrected chi connectivity index (χ4v) is 3.54. The van der Waals surface area contributed by atoms with E-state index in [1.165, 1.54) is 17.5 Å². The number of rotatable bonds is 4. The molecule has 2 atom stereocenters. The van der Waals surface area contributed by atoms with Gasteiger partial charge in [-0.05, 0) is 43.4 Å². The molecule has 1 aromatic carbocycles. The fraction of sp³-hybridized carbons (Fsp3) is 0.471. The van der Waals surface area contributed by atoms with Gasteiger partial charge >= 0.3 is 0 Å². The number of aryl methyl sites for hydroxylation is 2. The Morgan fingerprint density at radius 2 is 2.10 bits per heavy atom. The molecule has 0 saturated carbocycles. The van der Waals surface area contributed by atoms with Gasteiger partial charge in [0.2, 0.25) is 0 Å². The van der Waals surface area contributed by atoms with Crippen molar-refractivity contribution >= 4 is 0 Å². The van der Waals surface area contributed by atoms with Crippen molar-refractivity contribution in [3.05, 3.63) is 47.3 Å². The van der Waals surface area contributed by atoms with Crippen molar-refractivity contribution in [2.24, 2.45) is 13.0 Å². The molecule has 0 spiro atoms. The molecule has 0 fully saturated rings. The largest absolute Gasteiger partial charge is 0.493 e. The zero-order valence-electron chi connectivity index (χ0n) is 13.0. The average molecular weight is 285 g/mol. The first-order valence-corrected chi connectivity index (χ1v) is 7.54. The molecule has 21 heavy (non-hydrogen) atoms. The molecule has 0 saturated heterocycles. The van der Waals surface area contributed by atoms with Crippen LogP contribution in [0.1, 0.15) is 29.3 Å². The van der Waals surface area contributed by atoms with E-state index >= 15 is 0 Å². The molecule has 0 radical (unpaired) electrons. The maximum absolute atomic E-state index is 5.49. The SMILES string of the molecule is CNC(c1c(OC)cnn1C)C1CCc2ccccc2C1. The van der Waals surface area contributed by atoms with Crippen molar-refractivity contribution in [3.8, 4) is 5.75 Å². The van der Waals surface area contributed by atoms with Gasteiger partial charge in [0.15, 0.2) is 5.75 Å². The first kappa shape index (κ1) is 14.1. The van der Waals surface area contributed by atoms with Gasteiger partial charge in [0, 0.05) is 7.05 Å². The highest BCUT2D eigenvalue weighted by Gasteiger charge is 2.30. The Bertz CT molecular complexity index is 620. The van der Waals surface area contributed by atoms with Gasteiger partial charge in [0.1, 0.15) is 0 Å². The molecule has 3 rings (SSSR count). The number of benzene rings is 1. The molecular weight excluding hydrogens is 262 g/mol. The second-order valence-electron chi connectivity index (χ2n) is 5.76. The van der Waals surface area contributed by atoms with Crippen LogP contribution >= 0.6 is 0 Å². The molecular formula is C17H23N3O. The number of nitrogens with one attached hydrogen (secondary N) is 1. The van der Waals surface area contributed by atoms with Crippen LogP contribution in [0.5, 0.6) is 5.75 Å².